The Kier molecular flexibility index (Phi) is 5.44. The number of hydrogen-bond acceptors (Lipinski definition) is 5. The molecule has 0 spiro atoms. The van der Waals surface area contributed by atoms with Crippen molar-refractivity contribution < 1.29 is 9.59 Å². The van der Waals surface area contributed by atoms with Gasteiger partial charge in [-0.05, 0) is 43.9 Å². The Balaban J connectivity index is 1.41. The van der Waals surface area contributed by atoms with E-state index in [0.29, 0.717) is 17.6 Å². The van der Waals surface area contributed by atoms with Gasteiger partial charge in [0.25, 0.3) is 0 Å². The molecule has 1 N–H and O–H groups in total. The monoisotopic (exact) mass is 398 g/mol. The molecule has 0 bridgehead atoms. The Morgan fingerprint density at radius 1 is 1.18 bits per heavy atom. The first-order chi connectivity index (χ1) is 13.5. The number of anilines is 2. The first-order valence-corrected chi connectivity index (χ1v) is 10.9. The Morgan fingerprint density at radius 2 is 1.96 bits per heavy atom. The molecule has 2 aromatic rings. The van der Waals surface area contributed by atoms with Crippen LogP contribution in [-0.4, -0.2) is 28.6 Å². The maximum Gasteiger partial charge on any atom is 0.231 e. The van der Waals surface area contributed by atoms with Gasteiger partial charge < -0.3 is 10.2 Å². The third-order valence-electron chi connectivity index (χ3n) is 5.99. The predicted octanol–water partition coefficient (Wildman–Crippen LogP) is 4.19. The van der Waals surface area contributed by atoms with Crippen molar-refractivity contribution in [3.63, 3.8) is 0 Å². The lowest BCUT2D eigenvalue weighted by Gasteiger charge is -2.20. The van der Waals surface area contributed by atoms with Crippen molar-refractivity contribution >= 4 is 34.0 Å². The second-order valence-corrected chi connectivity index (χ2v) is 8.90. The van der Waals surface area contributed by atoms with E-state index in [0.717, 1.165) is 34.7 Å². The van der Waals surface area contributed by atoms with Crippen molar-refractivity contribution in [2.75, 3.05) is 16.8 Å². The summed E-state index contributed by atoms with van der Waals surface area (Å²) in [5, 5.41) is 12.9. The van der Waals surface area contributed by atoms with Gasteiger partial charge in [0.2, 0.25) is 16.9 Å². The molecule has 0 radical (unpaired) electrons. The Hall–Kier alpha value is -2.28. The molecular weight excluding hydrogens is 372 g/mol. The van der Waals surface area contributed by atoms with Gasteiger partial charge in [0, 0.05) is 24.6 Å². The summed E-state index contributed by atoms with van der Waals surface area (Å²) >= 11 is 1.48. The number of nitrogens with zero attached hydrogens (tertiary/aromatic N) is 3. The minimum atomic E-state index is -0.366. The lowest BCUT2D eigenvalue weighted by molar-refractivity contribution is -0.122. The van der Waals surface area contributed by atoms with Crippen molar-refractivity contribution in [1.29, 1.82) is 0 Å². The molecule has 1 aromatic heterocycles. The molecule has 2 heterocycles. The molecule has 148 valence electrons. The van der Waals surface area contributed by atoms with Crippen LogP contribution in [0, 0.1) is 19.8 Å². The van der Waals surface area contributed by atoms with Crippen LogP contribution in [0.1, 0.15) is 60.6 Å². The number of aromatic nitrogens is 2. The molecule has 4 rings (SSSR count). The zero-order chi connectivity index (χ0) is 19.7. The van der Waals surface area contributed by atoms with Crippen LogP contribution in [0.2, 0.25) is 0 Å². The van der Waals surface area contributed by atoms with Crippen molar-refractivity contribution in [3.8, 4) is 0 Å². The van der Waals surface area contributed by atoms with Crippen LogP contribution in [0.5, 0.6) is 0 Å². The Labute approximate surface area is 169 Å². The Morgan fingerprint density at radius 3 is 2.75 bits per heavy atom. The molecule has 2 aliphatic rings. The molecule has 1 saturated carbocycles. The number of benzene rings is 1. The van der Waals surface area contributed by atoms with Gasteiger partial charge in [-0.1, -0.05) is 42.7 Å². The second-order valence-electron chi connectivity index (χ2n) is 7.89. The number of aryl methyl sites for hydroxylation is 1. The highest BCUT2D eigenvalue weighted by molar-refractivity contribution is 7.15. The summed E-state index contributed by atoms with van der Waals surface area (Å²) in [6.07, 6.45) is 6.32. The number of rotatable bonds is 4. The number of carbonyl (C=O) groups excluding carboxylic acids is 2. The molecule has 1 atom stereocenters. The normalized spacial score (nSPS) is 20.6. The van der Waals surface area contributed by atoms with E-state index in [2.05, 4.69) is 15.5 Å². The fourth-order valence-corrected chi connectivity index (χ4v) is 5.07. The van der Waals surface area contributed by atoms with Crippen molar-refractivity contribution in [2.24, 2.45) is 5.92 Å². The standard InChI is InChI=1S/C21H26N4O2S/c1-13-7-6-10-17(14(13)2)25-12-16(11-18(25)26)19(27)22-21-24-23-20(28-21)15-8-4-3-5-9-15/h6-7,10,15-16H,3-5,8-9,11-12H2,1-2H3,(H,22,24,27). The topological polar surface area (TPSA) is 75.2 Å². The molecule has 1 aromatic carbocycles. The molecule has 1 aliphatic heterocycles. The maximum atomic E-state index is 12.7. The first kappa shape index (κ1) is 19.1. The molecule has 1 aliphatic carbocycles. The zero-order valence-electron chi connectivity index (χ0n) is 16.4. The molecule has 6 nitrogen and oxygen atoms in total. The van der Waals surface area contributed by atoms with E-state index in [1.807, 2.05) is 32.0 Å². The summed E-state index contributed by atoms with van der Waals surface area (Å²) in [5.41, 5.74) is 3.12. The van der Waals surface area contributed by atoms with E-state index >= 15 is 0 Å². The summed E-state index contributed by atoms with van der Waals surface area (Å²) in [6, 6.07) is 5.93. The van der Waals surface area contributed by atoms with Crippen LogP contribution < -0.4 is 10.2 Å². The van der Waals surface area contributed by atoms with Crippen LogP contribution in [-0.2, 0) is 9.59 Å². The first-order valence-electron chi connectivity index (χ1n) is 10.0. The minimum absolute atomic E-state index is 0.00555. The van der Waals surface area contributed by atoms with E-state index in [9.17, 15) is 9.59 Å². The SMILES string of the molecule is Cc1cccc(N2CC(C(=O)Nc3nnc(C4CCCCC4)s3)CC2=O)c1C. The summed E-state index contributed by atoms with van der Waals surface area (Å²) in [5.74, 6) is -0.0410. The largest absolute Gasteiger partial charge is 0.311 e. The van der Waals surface area contributed by atoms with Gasteiger partial charge in [0.05, 0.1) is 5.92 Å². The smallest absolute Gasteiger partial charge is 0.231 e. The number of amides is 2. The molecule has 2 amide bonds. The molecule has 7 heteroatoms. The van der Waals surface area contributed by atoms with Crippen LogP contribution >= 0.6 is 11.3 Å². The maximum absolute atomic E-state index is 12.7. The van der Waals surface area contributed by atoms with Gasteiger partial charge in [0.15, 0.2) is 0 Å². The summed E-state index contributed by atoms with van der Waals surface area (Å²) < 4.78 is 0. The fourth-order valence-electron chi connectivity index (χ4n) is 4.15. The molecule has 28 heavy (non-hydrogen) atoms. The quantitative estimate of drug-likeness (QED) is 0.838. The average Bonchev–Trinajstić information content (AvgIpc) is 3.32. The summed E-state index contributed by atoms with van der Waals surface area (Å²) in [4.78, 5) is 27.0. The van der Waals surface area contributed by atoms with Gasteiger partial charge >= 0.3 is 0 Å². The van der Waals surface area contributed by atoms with E-state index in [1.165, 1.54) is 30.6 Å². The van der Waals surface area contributed by atoms with Gasteiger partial charge in [-0.3, -0.25) is 9.59 Å². The van der Waals surface area contributed by atoms with Gasteiger partial charge in [-0.15, -0.1) is 10.2 Å². The predicted molar refractivity (Wildman–Crippen MR) is 111 cm³/mol. The fraction of sp³-hybridized carbons (Fsp3) is 0.524. The van der Waals surface area contributed by atoms with E-state index in [1.54, 1.807) is 4.90 Å². The molecule has 1 unspecified atom stereocenters. The molecule has 2 fully saturated rings. The van der Waals surface area contributed by atoms with Gasteiger partial charge in [0.1, 0.15) is 5.01 Å². The van der Waals surface area contributed by atoms with Crippen LogP contribution in [0.3, 0.4) is 0 Å². The molecule has 1 saturated heterocycles. The lowest BCUT2D eigenvalue weighted by atomic mass is 9.90. The van der Waals surface area contributed by atoms with Gasteiger partial charge in [-0.25, -0.2) is 0 Å². The van der Waals surface area contributed by atoms with E-state index < -0.39 is 0 Å². The summed E-state index contributed by atoms with van der Waals surface area (Å²) in [6.45, 7) is 4.45. The van der Waals surface area contributed by atoms with Crippen LogP contribution in [0.4, 0.5) is 10.8 Å². The number of nitrogens with one attached hydrogen (secondary N) is 1. The third kappa shape index (κ3) is 3.81. The highest BCUT2D eigenvalue weighted by atomic mass is 32.1. The Bertz CT molecular complexity index is 888. The zero-order valence-corrected chi connectivity index (χ0v) is 17.2. The number of hydrogen-bond donors (Lipinski definition) is 1. The van der Waals surface area contributed by atoms with Crippen molar-refractivity contribution in [3.05, 3.63) is 34.3 Å². The second kappa shape index (κ2) is 7.99. The average molecular weight is 399 g/mol. The van der Waals surface area contributed by atoms with E-state index in [-0.39, 0.29) is 24.2 Å². The highest BCUT2D eigenvalue weighted by Gasteiger charge is 2.36. The van der Waals surface area contributed by atoms with Crippen molar-refractivity contribution in [2.45, 2.75) is 58.3 Å². The van der Waals surface area contributed by atoms with Crippen LogP contribution in [0.15, 0.2) is 18.2 Å². The molecular formula is C21H26N4O2S. The van der Waals surface area contributed by atoms with Gasteiger partial charge in [-0.2, -0.15) is 0 Å². The third-order valence-corrected chi connectivity index (χ3v) is 6.99. The summed E-state index contributed by atoms with van der Waals surface area (Å²) in [7, 11) is 0. The highest BCUT2D eigenvalue weighted by Crippen LogP contribution is 2.35. The van der Waals surface area contributed by atoms with E-state index in [4.69, 9.17) is 0 Å². The number of carbonyl (C=O) groups is 2. The van der Waals surface area contributed by atoms with Crippen molar-refractivity contribution in [1.82, 2.24) is 10.2 Å². The lowest BCUT2D eigenvalue weighted by Crippen LogP contribution is -2.28. The minimum Gasteiger partial charge on any atom is -0.311 e. The van der Waals surface area contributed by atoms with Crippen LogP contribution in [0.25, 0.3) is 0 Å².